The summed E-state index contributed by atoms with van der Waals surface area (Å²) in [6.07, 6.45) is 10.1. The Bertz CT molecular complexity index is 876. The molecule has 23 heavy (non-hydrogen) atoms. The fraction of sp³-hybridized carbons (Fsp3) is 0.300. The summed E-state index contributed by atoms with van der Waals surface area (Å²) in [5.74, 6) is 7.26. The molecule has 1 aliphatic carbocycles. The second-order valence-corrected chi connectivity index (χ2v) is 6.13. The van der Waals surface area contributed by atoms with Crippen LogP contribution in [0.15, 0.2) is 42.9 Å². The van der Waals surface area contributed by atoms with Crippen molar-refractivity contribution in [3.05, 3.63) is 59.7 Å². The topological polar surface area (TPSA) is 41.6 Å². The zero-order valence-electron chi connectivity index (χ0n) is 13.0. The van der Waals surface area contributed by atoms with Gasteiger partial charge in [0.2, 0.25) is 0 Å². The van der Waals surface area contributed by atoms with E-state index in [1.807, 2.05) is 12.3 Å². The summed E-state index contributed by atoms with van der Waals surface area (Å²) in [5.41, 5.74) is 4.17. The molecule has 2 aromatic heterocycles. The first-order chi connectivity index (χ1) is 11.4. The SMILES string of the molecule is C(#Cc1ncnc2[nH]ccc12)c1ccccc1C1CCCCC1. The summed E-state index contributed by atoms with van der Waals surface area (Å²) in [7, 11) is 0. The van der Waals surface area contributed by atoms with E-state index in [4.69, 9.17) is 0 Å². The molecule has 4 rings (SSSR count). The quantitative estimate of drug-likeness (QED) is 0.677. The summed E-state index contributed by atoms with van der Waals surface area (Å²) in [4.78, 5) is 11.6. The maximum absolute atomic E-state index is 4.33. The Kier molecular flexibility index (Phi) is 3.81. The maximum atomic E-state index is 4.33. The number of benzene rings is 1. The molecule has 3 nitrogen and oxygen atoms in total. The largest absolute Gasteiger partial charge is 0.346 e. The zero-order valence-corrected chi connectivity index (χ0v) is 13.0. The van der Waals surface area contributed by atoms with Crippen LogP contribution in [0, 0.1) is 11.8 Å². The van der Waals surface area contributed by atoms with Crippen molar-refractivity contribution in [1.29, 1.82) is 0 Å². The third kappa shape index (κ3) is 2.85. The Morgan fingerprint density at radius 2 is 1.83 bits per heavy atom. The molecule has 0 amide bonds. The molecule has 1 fully saturated rings. The van der Waals surface area contributed by atoms with Crippen molar-refractivity contribution in [1.82, 2.24) is 15.0 Å². The van der Waals surface area contributed by atoms with Crippen molar-refractivity contribution in [3.8, 4) is 11.8 Å². The molecule has 0 atom stereocenters. The van der Waals surface area contributed by atoms with Gasteiger partial charge in [-0.15, -0.1) is 0 Å². The Balaban J connectivity index is 1.71. The molecule has 3 heteroatoms. The number of hydrogen-bond donors (Lipinski definition) is 1. The number of aromatic nitrogens is 3. The van der Waals surface area contributed by atoms with Crippen molar-refractivity contribution >= 4 is 11.0 Å². The molecular formula is C20H19N3. The van der Waals surface area contributed by atoms with E-state index in [1.165, 1.54) is 37.7 Å². The number of rotatable bonds is 1. The summed E-state index contributed by atoms with van der Waals surface area (Å²) in [5, 5.41) is 0.982. The van der Waals surface area contributed by atoms with Crippen molar-refractivity contribution in [3.63, 3.8) is 0 Å². The monoisotopic (exact) mass is 301 g/mol. The Hall–Kier alpha value is -2.60. The molecule has 1 aliphatic rings. The molecule has 0 bridgehead atoms. The minimum Gasteiger partial charge on any atom is -0.346 e. The highest BCUT2D eigenvalue weighted by molar-refractivity contribution is 5.80. The molecule has 114 valence electrons. The van der Waals surface area contributed by atoms with E-state index in [0.29, 0.717) is 5.92 Å². The van der Waals surface area contributed by atoms with Crippen molar-refractivity contribution in [2.75, 3.05) is 0 Å². The Morgan fingerprint density at radius 3 is 2.74 bits per heavy atom. The molecular weight excluding hydrogens is 282 g/mol. The average Bonchev–Trinajstić information content (AvgIpc) is 3.10. The molecule has 2 heterocycles. The second-order valence-electron chi connectivity index (χ2n) is 6.13. The number of aromatic amines is 1. The van der Waals surface area contributed by atoms with E-state index < -0.39 is 0 Å². The Morgan fingerprint density at radius 1 is 0.957 bits per heavy atom. The van der Waals surface area contributed by atoms with Crippen LogP contribution in [0.2, 0.25) is 0 Å². The van der Waals surface area contributed by atoms with Crippen LogP contribution in [0.3, 0.4) is 0 Å². The second kappa shape index (κ2) is 6.26. The van der Waals surface area contributed by atoms with E-state index in [9.17, 15) is 0 Å². The lowest BCUT2D eigenvalue weighted by Gasteiger charge is -2.23. The highest BCUT2D eigenvalue weighted by Gasteiger charge is 2.17. The maximum Gasteiger partial charge on any atom is 0.141 e. The van der Waals surface area contributed by atoms with E-state index in [2.05, 4.69) is 51.1 Å². The van der Waals surface area contributed by atoms with Gasteiger partial charge in [-0.25, -0.2) is 9.97 Å². The average molecular weight is 301 g/mol. The first kappa shape index (κ1) is 14.0. The summed E-state index contributed by atoms with van der Waals surface area (Å²) >= 11 is 0. The van der Waals surface area contributed by atoms with Gasteiger partial charge in [-0.3, -0.25) is 0 Å². The van der Waals surface area contributed by atoms with Gasteiger partial charge < -0.3 is 4.98 Å². The number of fused-ring (bicyclic) bond motifs is 1. The molecule has 0 spiro atoms. The van der Waals surface area contributed by atoms with E-state index in [-0.39, 0.29) is 0 Å². The van der Waals surface area contributed by atoms with Gasteiger partial charge in [-0.05, 0) is 42.4 Å². The molecule has 0 saturated heterocycles. The molecule has 0 aliphatic heterocycles. The highest BCUT2D eigenvalue weighted by Crippen LogP contribution is 2.34. The van der Waals surface area contributed by atoms with Crippen molar-refractivity contribution < 1.29 is 0 Å². The lowest BCUT2D eigenvalue weighted by atomic mass is 9.82. The lowest BCUT2D eigenvalue weighted by Crippen LogP contribution is -2.06. The lowest BCUT2D eigenvalue weighted by molar-refractivity contribution is 0.443. The molecule has 1 saturated carbocycles. The van der Waals surface area contributed by atoms with Gasteiger partial charge in [-0.1, -0.05) is 43.4 Å². The fourth-order valence-electron chi connectivity index (χ4n) is 3.48. The van der Waals surface area contributed by atoms with Crippen molar-refractivity contribution in [2.24, 2.45) is 0 Å². The van der Waals surface area contributed by atoms with Crippen LogP contribution in [0.5, 0.6) is 0 Å². The van der Waals surface area contributed by atoms with E-state index in [0.717, 1.165) is 22.3 Å². The molecule has 1 aromatic carbocycles. The summed E-state index contributed by atoms with van der Waals surface area (Å²) in [6, 6.07) is 10.6. The van der Waals surface area contributed by atoms with Crippen LogP contribution in [0.4, 0.5) is 0 Å². The van der Waals surface area contributed by atoms with E-state index in [1.54, 1.807) is 6.33 Å². The van der Waals surface area contributed by atoms with Crippen LogP contribution in [-0.4, -0.2) is 15.0 Å². The summed E-state index contributed by atoms with van der Waals surface area (Å²) < 4.78 is 0. The number of nitrogens with one attached hydrogen (secondary N) is 1. The predicted octanol–water partition coefficient (Wildman–Crippen LogP) is 4.41. The molecule has 0 unspecified atom stereocenters. The normalized spacial score (nSPS) is 15.3. The molecule has 1 N–H and O–H groups in total. The van der Waals surface area contributed by atoms with Gasteiger partial charge in [0.15, 0.2) is 0 Å². The van der Waals surface area contributed by atoms with Gasteiger partial charge in [0.25, 0.3) is 0 Å². The highest BCUT2D eigenvalue weighted by atomic mass is 14.9. The third-order valence-corrected chi connectivity index (χ3v) is 4.68. The predicted molar refractivity (Wildman–Crippen MR) is 92.1 cm³/mol. The smallest absolute Gasteiger partial charge is 0.141 e. The number of hydrogen-bond acceptors (Lipinski definition) is 2. The van der Waals surface area contributed by atoms with Crippen LogP contribution in [0.25, 0.3) is 11.0 Å². The van der Waals surface area contributed by atoms with Crippen LogP contribution < -0.4 is 0 Å². The van der Waals surface area contributed by atoms with E-state index >= 15 is 0 Å². The van der Waals surface area contributed by atoms with Gasteiger partial charge >= 0.3 is 0 Å². The first-order valence-corrected chi connectivity index (χ1v) is 8.31. The zero-order chi connectivity index (χ0) is 15.5. The summed E-state index contributed by atoms with van der Waals surface area (Å²) in [6.45, 7) is 0. The van der Waals surface area contributed by atoms with Crippen LogP contribution in [0.1, 0.15) is 54.8 Å². The minimum absolute atomic E-state index is 0.659. The number of nitrogens with zero attached hydrogens (tertiary/aromatic N) is 2. The van der Waals surface area contributed by atoms with Gasteiger partial charge in [0.1, 0.15) is 17.7 Å². The van der Waals surface area contributed by atoms with Gasteiger partial charge in [0, 0.05) is 11.8 Å². The van der Waals surface area contributed by atoms with Gasteiger partial charge in [0.05, 0.1) is 5.39 Å². The van der Waals surface area contributed by atoms with Gasteiger partial charge in [-0.2, -0.15) is 0 Å². The van der Waals surface area contributed by atoms with Crippen LogP contribution in [-0.2, 0) is 0 Å². The van der Waals surface area contributed by atoms with Crippen LogP contribution >= 0.6 is 0 Å². The molecule has 3 aromatic rings. The van der Waals surface area contributed by atoms with Crippen molar-refractivity contribution in [2.45, 2.75) is 38.0 Å². The fourth-order valence-corrected chi connectivity index (χ4v) is 3.48. The first-order valence-electron chi connectivity index (χ1n) is 8.31. The number of H-pyrrole nitrogens is 1. The molecule has 0 radical (unpaired) electrons. The standard InChI is InChI=1S/C20H19N3/c1-2-6-15(7-3-1)17-9-5-4-8-16(17)10-11-19-18-12-13-21-20(18)23-14-22-19/h4-5,8-9,12-15H,1-3,6-7H2,(H,21,22,23). The minimum atomic E-state index is 0.659. The Labute approximate surface area is 136 Å². The third-order valence-electron chi connectivity index (χ3n) is 4.68.